The van der Waals surface area contributed by atoms with Crippen LogP contribution in [0.5, 0.6) is 0 Å². The van der Waals surface area contributed by atoms with E-state index in [1.165, 1.54) is 16.7 Å². The van der Waals surface area contributed by atoms with Crippen molar-refractivity contribution in [3.8, 4) is 0 Å². The number of rotatable bonds is 7. The van der Waals surface area contributed by atoms with Gasteiger partial charge in [0.05, 0.1) is 39.4 Å². The maximum Gasteiger partial charge on any atom is 0.128 e. The van der Waals surface area contributed by atoms with E-state index in [4.69, 9.17) is 4.74 Å². The number of para-hydroxylation sites is 1. The summed E-state index contributed by atoms with van der Waals surface area (Å²) in [6.45, 7) is 5.07. The number of ether oxygens (including phenoxy) is 1. The lowest BCUT2D eigenvalue weighted by molar-refractivity contribution is -0.903. The molecule has 1 fully saturated rings. The van der Waals surface area contributed by atoms with Crippen LogP contribution in [-0.2, 0) is 11.3 Å². The van der Waals surface area contributed by atoms with Crippen LogP contribution in [-0.4, -0.2) is 50.5 Å². The number of hydrogen-bond donors (Lipinski definition) is 2. The molecule has 0 aliphatic carbocycles. The maximum absolute atomic E-state index is 13.5. The third-order valence-electron chi connectivity index (χ3n) is 4.64. The van der Waals surface area contributed by atoms with Crippen LogP contribution in [0.4, 0.5) is 10.1 Å². The Kier molecular flexibility index (Phi) is 6.39. The summed E-state index contributed by atoms with van der Waals surface area (Å²) in [5.41, 5.74) is 1.79. The number of halogens is 1. The van der Waals surface area contributed by atoms with Crippen LogP contribution in [0.3, 0.4) is 0 Å². The Morgan fingerprint density at radius 2 is 1.72 bits per heavy atom. The van der Waals surface area contributed by atoms with Crippen LogP contribution < -0.4 is 9.80 Å². The van der Waals surface area contributed by atoms with Gasteiger partial charge in [0.2, 0.25) is 0 Å². The second-order valence-corrected chi connectivity index (χ2v) is 6.54. The van der Waals surface area contributed by atoms with Gasteiger partial charge in [0, 0.05) is 11.3 Å². The maximum atomic E-state index is 13.5. The van der Waals surface area contributed by atoms with Gasteiger partial charge in [-0.05, 0) is 18.2 Å². The number of piperazine rings is 1. The van der Waals surface area contributed by atoms with E-state index in [1.807, 2.05) is 6.07 Å². The van der Waals surface area contributed by atoms with E-state index in [0.29, 0.717) is 12.1 Å². The highest BCUT2D eigenvalue weighted by atomic mass is 19.1. The van der Waals surface area contributed by atoms with Crippen molar-refractivity contribution < 1.29 is 19.1 Å². The topological polar surface area (TPSA) is 37.1 Å². The van der Waals surface area contributed by atoms with E-state index in [9.17, 15) is 9.50 Å². The largest absolute Gasteiger partial charge is 0.385 e. The smallest absolute Gasteiger partial charge is 0.128 e. The van der Waals surface area contributed by atoms with Crippen LogP contribution in [0.2, 0.25) is 0 Å². The van der Waals surface area contributed by atoms with E-state index in [-0.39, 0.29) is 19.0 Å². The quantitative estimate of drug-likeness (QED) is 0.789. The molecule has 0 amide bonds. The molecule has 25 heavy (non-hydrogen) atoms. The molecule has 0 saturated carbocycles. The Labute approximate surface area is 148 Å². The predicted molar refractivity (Wildman–Crippen MR) is 96.3 cm³/mol. The van der Waals surface area contributed by atoms with Gasteiger partial charge in [0.1, 0.15) is 18.5 Å². The molecule has 0 bridgehead atoms. The highest BCUT2D eigenvalue weighted by molar-refractivity contribution is 5.46. The fraction of sp³-hybridized carbons (Fsp3) is 0.400. The summed E-state index contributed by atoms with van der Waals surface area (Å²) in [6, 6.07) is 17.0. The Hall–Kier alpha value is -1.95. The van der Waals surface area contributed by atoms with E-state index >= 15 is 0 Å². The number of nitrogens with one attached hydrogen (secondary N) is 1. The monoisotopic (exact) mass is 345 g/mol. The van der Waals surface area contributed by atoms with Crippen molar-refractivity contribution in [1.29, 1.82) is 0 Å². The van der Waals surface area contributed by atoms with Gasteiger partial charge >= 0.3 is 0 Å². The summed E-state index contributed by atoms with van der Waals surface area (Å²) in [6.07, 6.45) is -0.523. The number of aliphatic hydroxyl groups is 1. The molecule has 4 nitrogen and oxygen atoms in total. The van der Waals surface area contributed by atoms with Crippen molar-refractivity contribution in [2.24, 2.45) is 0 Å². The molecule has 1 saturated heterocycles. The SMILES string of the molecule is O[C@H](COCc1ccccc1F)C[NH+]1CCN(c2ccccc2)CC1. The van der Waals surface area contributed by atoms with Crippen LogP contribution in [0, 0.1) is 5.82 Å². The van der Waals surface area contributed by atoms with Gasteiger partial charge in [-0.3, -0.25) is 0 Å². The van der Waals surface area contributed by atoms with Gasteiger partial charge in [-0.1, -0.05) is 36.4 Å². The first-order valence-electron chi connectivity index (χ1n) is 8.85. The predicted octanol–water partition coefficient (Wildman–Crippen LogP) is 1.11. The third-order valence-corrected chi connectivity index (χ3v) is 4.64. The molecule has 2 aromatic carbocycles. The molecule has 0 unspecified atom stereocenters. The Morgan fingerprint density at radius 3 is 2.44 bits per heavy atom. The molecule has 134 valence electrons. The normalized spacial score (nSPS) is 16.8. The average Bonchev–Trinajstić information content (AvgIpc) is 2.65. The number of hydrogen-bond acceptors (Lipinski definition) is 3. The minimum absolute atomic E-state index is 0.195. The molecule has 1 aliphatic heterocycles. The molecular formula is C20H26FN2O2+. The highest BCUT2D eigenvalue weighted by Gasteiger charge is 2.22. The molecule has 2 N–H and O–H groups in total. The van der Waals surface area contributed by atoms with Crippen LogP contribution in [0.1, 0.15) is 5.56 Å². The minimum atomic E-state index is -0.523. The van der Waals surface area contributed by atoms with Crippen molar-refractivity contribution in [2.45, 2.75) is 12.7 Å². The first kappa shape index (κ1) is 17.9. The van der Waals surface area contributed by atoms with Gasteiger partial charge < -0.3 is 19.6 Å². The lowest BCUT2D eigenvalue weighted by atomic mass is 10.2. The van der Waals surface area contributed by atoms with E-state index in [2.05, 4.69) is 29.2 Å². The van der Waals surface area contributed by atoms with Gasteiger partial charge in [-0.2, -0.15) is 0 Å². The Bertz CT molecular complexity index is 645. The van der Waals surface area contributed by atoms with Crippen molar-refractivity contribution in [1.82, 2.24) is 0 Å². The first-order chi connectivity index (χ1) is 12.2. The van der Waals surface area contributed by atoms with Crippen molar-refractivity contribution in [3.05, 3.63) is 66.0 Å². The van der Waals surface area contributed by atoms with E-state index in [0.717, 1.165) is 26.2 Å². The minimum Gasteiger partial charge on any atom is -0.385 e. The van der Waals surface area contributed by atoms with Gasteiger partial charge in [0.25, 0.3) is 0 Å². The van der Waals surface area contributed by atoms with Crippen molar-refractivity contribution in [3.63, 3.8) is 0 Å². The zero-order valence-corrected chi connectivity index (χ0v) is 14.4. The second kappa shape index (κ2) is 8.94. The van der Waals surface area contributed by atoms with Crippen LogP contribution in [0.25, 0.3) is 0 Å². The first-order valence-corrected chi connectivity index (χ1v) is 8.85. The van der Waals surface area contributed by atoms with E-state index in [1.54, 1.807) is 18.2 Å². The lowest BCUT2D eigenvalue weighted by Gasteiger charge is -2.34. The molecule has 0 radical (unpaired) electrons. The highest BCUT2D eigenvalue weighted by Crippen LogP contribution is 2.12. The van der Waals surface area contributed by atoms with Crippen molar-refractivity contribution >= 4 is 5.69 Å². The molecule has 1 atom stereocenters. The third kappa shape index (κ3) is 5.26. The molecule has 3 rings (SSSR count). The fourth-order valence-electron chi connectivity index (χ4n) is 3.24. The molecule has 1 heterocycles. The van der Waals surface area contributed by atoms with E-state index < -0.39 is 6.10 Å². The average molecular weight is 345 g/mol. The molecular weight excluding hydrogens is 319 g/mol. The molecule has 2 aromatic rings. The molecule has 0 spiro atoms. The van der Waals surface area contributed by atoms with Crippen molar-refractivity contribution in [2.75, 3.05) is 44.2 Å². The number of anilines is 1. The second-order valence-electron chi connectivity index (χ2n) is 6.54. The molecule has 1 aliphatic rings. The lowest BCUT2D eigenvalue weighted by Crippen LogP contribution is -3.16. The zero-order chi connectivity index (χ0) is 17.5. The van der Waals surface area contributed by atoms with Crippen LogP contribution >= 0.6 is 0 Å². The van der Waals surface area contributed by atoms with Gasteiger partial charge in [-0.15, -0.1) is 0 Å². The Balaban J connectivity index is 1.36. The molecule has 0 aromatic heterocycles. The standard InChI is InChI=1S/C20H25FN2O2/c21-20-9-5-4-6-17(20)15-25-16-19(24)14-22-10-12-23(13-11-22)18-7-2-1-3-8-18/h1-9,19,24H,10-16H2/p+1/t19-/m0/s1. The number of nitrogens with zero attached hydrogens (tertiary/aromatic N) is 1. The molecule has 5 heteroatoms. The summed E-state index contributed by atoms with van der Waals surface area (Å²) in [4.78, 5) is 3.76. The Morgan fingerprint density at radius 1 is 1.04 bits per heavy atom. The summed E-state index contributed by atoms with van der Waals surface area (Å²) in [5.74, 6) is -0.264. The summed E-state index contributed by atoms with van der Waals surface area (Å²) >= 11 is 0. The summed E-state index contributed by atoms with van der Waals surface area (Å²) < 4.78 is 19.0. The van der Waals surface area contributed by atoms with Gasteiger partial charge in [0.15, 0.2) is 0 Å². The van der Waals surface area contributed by atoms with Gasteiger partial charge in [-0.25, -0.2) is 4.39 Å². The summed E-state index contributed by atoms with van der Waals surface area (Å²) in [5, 5.41) is 10.2. The number of aliphatic hydroxyl groups excluding tert-OH is 1. The zero-order valence-electron chi connectivity index (χ0n) is 14.4. The number of quaternary nitrogens is 1. The summed E-state index contributed by atoms with van der Waals surface area (Å²) in [7, 11) is 0. The number of benzene rings is 2. The van der Waals surface area contributed by atoms with Crippen LogP contribution in [0.15, 0.2) is 54.6 Å². The fourth-order valence-corrected chi connectivity index (χ4v) is 3.24.